The number of aliphatic hydroxyl groups is 1. The van der Waals surface area contributed by atoms with Crippen molar-refractivity contribution < 1.29 is 45.3 Å². The number of alkyl halides is 6. The lowest BCUT2D eigenvalue weighted by Gasteiger charge is -2.28. The van der Waals surface area contributed by atoms with Gasteiger partial charge in [0.25, 0.3) is 0 Å². The molecule has 4 nitrogen and oxygen atoms in total. The first-order valence-electron chi connectivity index (χ1n) is 9.03. The molecule has 0 amide bonds. The highest BCUT2D eigenvalue weighted by molar-refractivity contribution is 5.34. The summed E-state index contributed by atoms with van der Waals surface area (Å²) in [6.07, 6.45) is -14.4. The highest BCUT2D eigenvalue weighted by Crippen LogP contribution is 2.38. The van der Waals surface area contributed by atoms with Crippen molar-refractivity contribution in [2.45, 2.75) is 37.8 Å². The summed E-state index contributed by atoms with van der Waals surface area (Å²) in [5.74, 6) is -0.576. The minimum atomic E-state index is -5.02. The minimum Gasteiger partial charge on any atom is -0.383 e. The standard InChI is InChI=1S/C20H20F7NO3/c1-11(13-8-14(19(22,23)24)10-15(9-13)20(25,26)27)31-18(30-7-6-28)17(29)12-2-4-16(21)5-3-12/h2-5,8-11,17-18,29H,6-7,28H2,1H3/t11-,17+,18-/m1/s1. The van der Waals surface area contributed by atoms with E-state index in [2.05, 4.69) is 0 Å². The van der Waals surface area contributed by atoms with Crippen LogP contribution in [0.2, 0.25) is 0 Å². The lowest BCUT2D eigenvalue weighted by atomic mass is 10.0. The van der Waals surface area contributed by atoms with Crippen molar-refractivity contribution >= 4 is 0 Å². The van der Waals surface area contributed by atoms with Crippen LogP contribution >= 0.6 is 0 Å². The Morgan fingerprint density at radius 2 is 1.42 bits per heavy atom. The van der Waals surface area contributed by atoms with Gasteiger partial charge in [-0.1, -0.05) is 12.1 Å². The quantitative estimate of drug-likeness (QED) is 0.436. The number of hydrogen-bond donors (Lipinski definition) is 2. The van der Waals surface area contributed by atoms with E-state index in [-0.39, 0.29) is 24.8 Å². The topological polar surface area (TPSA) is 64.7 Å². The van der Waals surface area contributed by atoms with Crippen LogP contribution in [0, 0.1) is 5.82 Å². The molecule has 172 valence electrons. The Kier molecular flexibility index (Phi) is 8.04. The van der Waals surface area contributed by atoms with E-state index in [1.807, 2.05) is 0 Å². The Hall–Kier alpha value is -2.21. The molecule has 3 N–H and O–H groups in total. The summed E-state index contributed by atoms with van der Waals surface area (Å²) >= 11 is 0. The molecule has 3 atom stereocenters. The number of hydrogen-bond acceptors (Lipinski definition) is 4. The van der Waals surface area contributed by atoms with E-state index in [1.165, 1.54) is 19.1 Å². The lowest BCUT2D eigenvalue weighted by Crippen LogP contribution is -2.29. The SMILES string of the molecule is C[C@@H](O[C@@H](OCCN)[C@@H](O)c1ccc(F)cc1)c1cc(C(F)(F)F)cc(C(F)(F)F)c1. The summed E-state index contributed by atoms with van der Waals surface area (Å²) in [7, 11) is 0. The predicted molar refractivity (Wildman–Crippen MR) is 96.1 cm³/mol. The fourth-order valence-corrected chi connectivity index (χ4v) is 2.70. The van der Waals surface area contributed by atoms with Crippen molar-refractivity contribution in [1.29, 1.82) is 0 Å². The van der Waals surface area contributed by atoms with Crippen LogP contribution in [0.4, 0.5) is 30.7 Å². The van der Waals surface area contributed by atoms with Crippen molar-refractivity contribution in [2.75, 3.05) is 13.2 Å². The summed E-state index contributed by atoms with van der Waals surface area (Å²) in [6, 6.07) is 5.66. The molecule has 2 aromatic carbocycles. The van der Waals surface area contributed by atoms with Crippen molar-refractivity contribution in [2.24, 2.45) is 5.73 Å². The molecule has 0 radical (unpaired) electrons. The van der Waals surface area contributed by atoms with Gasteiger partial charge in [0.1, 0.15) is 11.9 Å². The molecule has 0 aliphatic heterocycles. The molecule has 0 aliphatic carbocycles. The van der Waals surface area contributed by atoms with Gasteiger partial charge in [-0.15, -0.1) is 0 Å². The molecular formula is C20H20F7NO3. The molecule has 2 rings (SSSR count). The van der Waals surface area contributed by atoms with Crippen LogP contribution in [-0.2, 0) is 21.8 Å². The third-order valence-electron chi connectivity index (χ3n) is 4.29. The first kappa shape index (κ1) is 25.1. The number of aliphatic hydroxyl groups excluding tert-OH is 1. The van der Waals surface area contributed by atoms with Crippen molar-refractivity contribution in [3.63, 3.8) is 0 Å². The van der Waals surface area contributed by atoms with Gasteiger partial charge in [0, 0.05) is 6.54 Å². The number of rotatable bonds is 8. The average molecular weight is 455 g/mol. The average Bonchev–Trinajstić information content (AvgIpc) is 2.69. The molecule has 0 fully saturated rings. The second-order valence-electron chi connectivity index (χ2n) is 6.64. The van der Waals surface area contributed by atoms with Crippen LogP contribution in [0.25, 0.3) is 0 Å². The molecule has 0 aliphatic rings. The Labute approximate surface area is 173 Å². The Balaban J connectivity index is 2.35. The molecule has 2 aromatic rings. The fraction of sp³-hybridized carbons (Fsp3) is 0.400. The predicted octanol–water partition coefficient (Wildman–Crippen LogP) is 4.98. The minimum absolute atomic E-state index is 0.00594. The largest absolute Gasteiger partial charge is 0.416 e. The zero-order valence-corrected chi connectivity index (χ0v) is 16.2. The molecular weight excluding hydrogens is 435 g/mol. The van der Waals surface area contributed by atoms with Gasteiger partial charge in [-0.3, -0.25) is 0 Å². The number of nitrogens with two attached hydrogens (primary N) is 1. The van der Waals surface area contributed by atoms with Gasteiger partial charge in [0.05, 0.1) is 23.8 Å². The normalized spacial score (nSPS) is 15.5. The highest BCUT2D eigenvalue weighted by Gasteiger charge is 2.37. The van der Waals surface area contributed by atoms with Gasteiger partial charge in [-0.05, 0) is 48.4 Å². The molecule has 0 aromatic heterocycles. The van der Waals surface area contributed by atoms with E-state index < -0.39 is 53.4 Å². The summed E-state index contributed by atoms with van der Waals surface area (Å²) in [5, 5.41) is 10.5. The molecule has 0 unspecified atom stereocenters. The monoisotopic (exact) mass is 455 g/mol. The third-order valence-corrected chi connectivity index (χ3v) is 4.29. The van der Waals surface area contributed by atoms with Gasteiger partial charge in [0.15, 0.2) is 6.29 Å². The molecule has 0 saturated heterocycles. The maximum absolute atomic E-state index is 13.1. The van der Waals surface area contributed by atoms with Gasteiger partial charge in [-0.2, -0.15) is 26.3 Å². The summed E-state index contributed by atoms with van der Waals surface area (Å²) < 4.78 is 102. The van der Waals surface area contributed by atoms with Crippen molar-refractivity contribution in [3.8, 4) is 0 Å². The third kappa shape index (κ3) is 6.89. The molecule has 0 saturated carbocycles. The molecule has 0 bridgehead atoms. The van der Waals surface area contributed by atoms with Crippen LogP contribution in [0.3, 0.4) is 0 Å². The van der Waals surface area contributed by atoms with E-state index >= 15 is 0 Å². The summed E-state index contributed by atoms with van der Waals surface area (Å²) in [5.41, 5.74) is 2.10. The molecule has 0 heterocycles. The molecule has 0 spiro atoms. The van der Waals surface area contributed by atoms with Gasteiger partial charge >= 0.3 is 12.4 Å². The molecule has 11 heteroatoms. The summed E-state index contributed by atoms with van der Waals surface area (Å²) in [6.45, 7) is 1.10. The Morgan fingerprint density at radius 3 is 1.87 bits per heavy atom. The van der Waals surface area contributed by atoms with Crippen LogP contribution in [0.15, 0.2) is 42.5 Å². The highest BCUT2D eigenvalue weighted by atomic mass is 19.4. The first-order chi connectivity index (χ1) is 14.3. The maximum atomic E-state index is 13.1. The zero-order chi connectivity index (χ0) is 23.4. The number of halogens is 7. The Morgan fingerprint density at radius 1 is 0.903 bits per heavy atom. The van der Waals surface area contributed by atoms with Gasteiger partial charge < -0.3 is 20.3 Å². The van der Waals surface area contributed by atoms with Gasteiger partial charge in [-0.25, -0.2) is 4.39 Å². The van der Waals surface area contributed by atoms with Gasteiger partial charge in [0.2, 0.25) is 0 Å². The van der Waals surface area contributed by atoms with E-state index in [0.717, 1.165) is 12.1 Å². The Bertz CT molecular complexity index is 821. The number of benzene rings is 2. The van der Waals surface area contributed by atoms with Crippen molar-refractivity contribution in [3.05, 3.63) is 70.5 Å². The maximum Gasteiger partial charge on any atom is 0.416 e. The van der Waals surface area contributed by atoms with E-state index in [4.69, 9.17) is 15.2 Å². The first-order valence-corrected chi connectivity index (χ1v) is 9.03. The zero-order valence-electron chi connectivity index (χ0n) is 16.2. The van der Waals surface area contributed by atoms with E-state index in [1.54, 1.807) is 0 Å². The smallest absolute Gasteiger partial charge is 0.383 e. The second kappa shape index (κ2) is 9.94. The molecule has 31 heavy (non-hydrogen) atoms. The van der Waals surface area contributed by atoms with Crippen LogP contribution in [-0.4, -0.2) is 24.5 Å². The van der Waals surface area contributed by atoms with Crippen LogP contribution < -0.4 is 5.73 Å². The van der Waals surface area contributed by atoms with E-state index in [9.17, 15) is 35.8 Å². The van der Waals surface area contributed by atoms with E-state index in [0.29, 0.717) is 12.1 Å². The van der Waals surface area contributed by atoms with Crippen LogP contribution in [0.1, 0.15) is 41.4 Å². The van der Waals surface area contributed by atoms with Crippen molar-refractivity contribution in [1.82, 2.24) is 0 Å². The summed E-state index contributed by atoms with van der Waals surface area (Å²) in [4.78, 5) is 0. The second-order valence-corrected chi connectivity index (χ2v) is 6.64. The fourth-order valence-electron chi connectivity index (χ4n) is 2.70. The number of ether oxygens (including phenoxy) is 2. The van der Waals surface area contributed by atoms with Crippen LogP contribution in [0.5, 0.6) is 0 Å². The lowest BCUT2D eigenvalue weighted by molar-refractivity contribution is -0.215.